The van der Waals surface area contributed by atoms with E-state index in [1.165, 1.54) is 48.5 Å². The lowest BCUT2D eigenvalue weighted by Crippen LogP contribution is -2.75. The van der Waals surface area contributed by atoms with Gasteiger partial charge in [-0.25, -0.2) is 16.8 Å². The Bertz CT molecular complexity index is 4790. The maximum absolute atomic E-state index is 12.3. The Labute approximate surface area is 523 Å². The van der Waals surface area contributed by atoms with Gasteiger partial charge in [0.25, 0.3) is 31.6 Å². The zero-order valence-corrected chi connectivity index (χ0v) is 52.7. The molecule has 18 nitrogen and oxygen atoms in total. The van der Waals surface area contributed by atoms with Gasteiger partial charge in [-0.05, 0) is 200 Å². The van der Waals surface area contributed by atoms with Crippen molar-refractivity contribution in [1.29, 1.82) is 0 Å². The summed E-state index contributed by atoms with van der Waals surface area (Å²) in [6.07, 6.45) is 9.96. The zero-order valence-electron chi connectivity index (χ0n) is 49.5. The Balaban J connectivity index is 0.944. The van der Waals surface area contributed by atoms with Crippen LogP contribution in [0.5, 0.6) is 0 Å². The standard InChI is InChI=1S/C68H66N6O12S4/c1-42(47-11-19-55(20-12-47)87(75,76)77)37-52(39-54(51-17-25-58(26-18-51)90(84,85)86)40-53(50-15-23-57(24-16-50)89(81,82)83)38-43(2)48-13-21-56(22-14-48)88(78,79)80)49-9-7-46(8-10-49)41-74-67(65-28-6-45(4)70-65)35-36-68(74)66-34-33-64(73-66)63-32-31-62(72-63)61-30-29-60(71-61)59-27-5-44(3)69-59/h5-36,42-43,52-54,69-70,73H,37-41H2,1-4H3,(H,75,76,77)(H,78,79,80)(H,81,82,83)(H,84,85,86)/b62-61+. The minimum absolute atomic E-state index is 0.193. The van der Waals surface area contributed by atoms with E-state index in [2.05, 4.69) is 108 Å². The van der Waals surface area contributed by atoms with Crippen molar-refractivity contribution in [3.8, 4) is 22.8 Å². The van der Waals surface area contributed by atoms with Crippen LogP contribution in [0.4, 0.5) is 0 Å². The van der Waals surface area contributed by atoms with Crippen molar-refractivity contribution in [2.75, 3.05) is 0 Å². The van der Waals surface area contributed by atoms with Crippen molar-refractivity contribution in [2.24, 2.45) is 0 Å². The van der Waals surface area contributed by atoms with Crippen LogP contribution in [-0.2, 0) is 47.0 Å². The van der Waals surface area contributed by atoms with E-state index in [0.29, 0.717) is 43.4 Å². The number of nitrogens with one attached hydrogen (secondary N) is 5. The first-order valence-corrected chi connectivity index (χ1v) is 34.8. The molecule has 22 heteroatoms. The van der Waals surface area contributed by atoms with Gasteiger partial charge in [-0.2, -0.15) is 26.8 Å². The molecule has 0 spiro atoms. The Morgan fingerprint density at radius 3 is 1.12 bits per heavy atom. The van der Waals surface area contributed by atoms with E-state index in [4.69, 9.17) is 0 Å². The predicted octanol–water partition coefficient (Wildman–Crippen LogP) is 9.38. The molecule has 2 aliphatic heterocycles. The maximum Gasteiger partial charge on any atom is 0.294 e. The van der Waals surface area contributed by atoms with Crippen molar-refractivity contribution < 1.29 is 61.9 Å². The maximum atomic E-state index is 12.3. The van der Waals surface area contributed by atoms with Gasteiger partial charge in [-0.3, -0.25) is 9.11 Å². The predicted molar refractivity (Wildman–Crippen MR) is 340 cm³/mol. The summed E-state index contributed by atoms with van der Waals surface area (Å²) in [5, 5.41) is 0. The minimum Gasteiger partial charge on any atom is -0.744 e. The second kappa shape index (κ2) is 25.4. The Morgan fingerprint density at radius 1 is 0.400 bits per heavy atom. The Kier molecular flexibility index (Phi) is 17.8. The third-order valence-corrected chi connectivity index (χ3v) is 20.5. The van der Waals surface area contributed by atoms with Gasteiger partial charge in [0.05, 0.1) is 42.4 Å². The molecule has 5 aromatic carbocycles. The van der Waals surface area contributed by atoms with Crippen molar-refractivity contribution in [2.45, 2.75) is 109 Å². The molecule has 0 saturated heterocycles. The highest BCUT2D eigenvalue weighted by Crippen LogP contribution is 2.45. The molecule has 464 valence electrons. The largest absolute Gasteiger partial charge is 0.744 e. The van der Waals surface area contributed by atoms with Gasteiger partial charge in [0.15, 0.2) is 0 Å². The molecule has 5 atom stereocenters. The summed E-state index contributed by atoms with van der Waals surface area (Å²) in [5.74, 6) is -1.47. The molecule has 2 aliphatic rings. The highest BCUT2D eigenvalue weighted by atomic mass is 32.2. The molecule has 0 radical (unpaired) electrons. The fourth-order valence-corrected chi connectivity index (χ4v) is 14.2. The highest BCUT2D eigenvalue weighted by Gasteiger charge is 2.30. The molecule has 9 aromatic rings. The Morgan fingerprint density at radius 2 is 0.733 bits per heavy atom. The fourth-order valence-electron chi connectivity index (χ4n) is 12.3. The first-order chi connectivity index (χ1) is 42.7. The lowest BCUT2D eigenvalue weighted by molar-refractivity contribution is -0.434. The number of hydrogen-bond acceptors (Lipinski definition) is 10. The number of H-pyrrole nitrogens is 3. The van der Waals surface area contributed by atoms with Crippen LogP contribution in [-0.4, -0.2) is 82.8 Å². The van der Waals surface area contributed by atoms with Gasteiger partial charge in [-0.15, -0.1) is 0 Å². The van der Waals surface area contributed by atoms with E-state index in [1.807, 2.05) is 45.9 Å². The number of aromatic amines is 3. The quantitative estimate of drug-likeness (QED) is 0.0295. The van der Waals surface area contributed by atoms with E-state index in [0.717, 1.165) is 90.6 Å². The molecule has 11 rings (SSSR count). The van der Waals surface area contributed by atoms with Gasteiger partial charge in [0.2, 0.25) is 11.4 Å². The van der Waals surface area contributed by atoms with E-state index >= 15 is 0 Å². The average Bonchev–Trinajstić information content (AvgIpc) is 1.61. The first kappa shape index (κ1) is 63.0. The monoisotopic (exact) mass is 1290 g/mol. The SMILES string of the molecule is Cc1ccc(C2=[NH+]/C(=C3\C=CC(c4ccc(-c5ccc(-c6ccc(C)[nH]6)n5Cc5ccc(C(CC(C)c6ccc(S(=O)(=O)O)cc6)CC(CC(CC(C)c6ccc(S(=O)(=O)[O-])cc6)c6ccc(S(=O)(=O)O)cc6)c6ccc(S(=O)(=O)[O-])cc6)cc5)[nH]4)=[NH+]3)C=C2)[nH]1. The third-order valence-electron chi connectivity index (χ3n) is 17.1. The molecule has 0 bridgehead atoms. The Hall–Kier alpha value is -8.58. The van der Waals surface area contributed by atoms with Crippen LogP contribution in [0.15, 0.2) is 225 Å². The molecular weight excluding hydrogens is 1220 g/mol. The minimum atomic E-state index is -4.83. The molecule has 0 saturated carbocycles. The van der Waals surface area contributed by atoms with Crippen molar-refractivity contribution >= 4 is 51.9 Å². The van der Waals surface area contributed by atoms with E-state index in [-0.39, 0.29) is 38.4 Å². The van der Waals surface area contributed by atoms with Crippen LogP contribution in [0, 0.1) is 13.8 Å². The first-order valence-electron chi connectivity index (χ1n) is 29.2. The van der Waals surface area contributed by atoms with Crippen LogP contribution >= 0.6 is 0 Å². The highest BCUT2D eigenvalue weighted by molar-refractivity contribution is 7.86. The van der Waals surface area contributed by atoms with Crippen LogP contribution in [0.3, 0.4) is 0 Å². The summed E-state index contributed by atoms with van der Waals surface area (Å²) in [5.41, 5.74) is 16.4. The van der Waals surface area contributed by atoms with Gasteiger partial charge in [0, 0.05) is 42.2 Å². The van der Waals surface area contributed by atoms with Crippen molar-refractivity contribution in [3.05, 3.63) is 262 Å². The number of aromatic nitrogens is 4. The van der Waals surface area contributed by atoms with Gasteiger partial charge in [-0.1, -0.05) is 86.6 Å². The van der Waals surface area contributed by atoms with Gasteiger partial charge >= 0.3 is 0 Å². The molecular formula is C68H66N6O12S4. The molecule has 90 heavy (non-hydrogen) atoms. The molecule has 0 amide bonds. The molecule has 4 aromatic heterocycles. The lowest BCUT2D eigenvalue weighted by Gasteiger charge is -2.31. The molecule has 5 unspecified atom stereocenters. The van der Waals surface area contributed by atoms with Crippen LogP contribution in [0.2, 0.25) is 0 Å². The van der Waals surface area contributed by atoms with Crippen LogP contribution in [0.25, 0.3) is 22.8 Å². The number of allylic oxidation sites excluding steroid dienone is 4. The van der Waals surface area contributed by atoms with Gasteiger partial charge < -0.3 is 28.6 Å². The summed E-state index contributed by atoms with van der Waals surface area (Å²) in [7, 11) is -18.6. The molecule has 0 fully saturated rings. The lowest BCUT2D eigenvalue weighted by atomic mass is 9.73. The number of aryl methyl sites for hydroxylation is 2. The zero-order chi connectivity index (χ0) is 63.9. The average molecular weight is 1290 g/mol. The smallest absolute Gasteiger partial charge is 0.294 e. The fraction of sp³-hybridized carbons (Fsp3) is 0.206. The summed E-state index contributed by atoms with van der Waals surface area (Å²) in [4.78, 5) is 16.3. The second-order valence-electron chi connectivity index (χ2n) is 23.4. The number of nitrogens with zero attached hydrogens (tertiary/aromatic N) is 1. The number of rotatable bonds is 23. The van der Waals surface area contributed by atoms with Crippen LogP contribution in [0.1, 0.15) is 125 Å². The van der Waals surface area contributed by atoms with E-state index in [9.17, 15) is 51.9 Å². The van der Waals surface area contributed by atoms with E-state index < -0.39 is 51.3 Å². The topological polar surface area (TPSA) is 303 Å². The second-order valence-corrected chi connectivity index (χ2v) is 29.0. The molecule has 0 aliphatic carbocycles. The summed E-state index contributed by atoms with van der Waals surface area (Å²) < 4.78 is 144. The molecule has 6 heterocycles. The summed E-state index contributed by atoms with van der Waals surface area (Å²) in [6, 6.07) is 48.4. The number of benzene rings is 5. The number of hydrogen-bond donors (Lipinski definition) is 7. The normalized spacial score (nSPS) is 16.3. The van der Waals surface area contributed by atoms with E-state index in [1.54, 1.807) is 48.5 Å². The third kappa shape index (κ3) is 14.5. The van der Waals surface area contributed by atoms with Gasteiger partial charge in [0.1, 0.15) is 31.6 Å². The van der Waals surface area contributed by atoms with Crippen molar-refractivity contribution in [3.63, 3.8) is 0 Å². The summed E-state index contributed by atoms with van der Waals surface area (Å²) >= 11 is 0. The van der Waals surface area contributed by atoms with Crippen molar-refractivity contribution in [1.82, 2.24) is 19.5 Å². The summed E-state index contributed by atoms with van der Waals surface area (Å²) in [6.45, 7) is 8.47. The molecule has 7 N–H and O–H groups in total. The van der Waals surface area contributed by atoms with Crippen LogP contribution < -0.4 is 9.98 Å².